The maximum atomic E-state index is 15.6. The van der Waals surface area contributed by atoms with Crippen molar-refractivity contribution in [2.24, 2.45) is 18.4 Å². The normalized spacial score (nSPS) is 18.5. The number of ether oxygens (including phenoxy) is 2. The van der Waals surface area contributed by atoms with Gasteiger partial charge in [0.15, 0.2) is 33.1 Å². The SMILES string of the molecule is CC(Cc1cccc(C2COCC(C)(C)CS(=O)(=O)CCc3c(c(F)cc4[nH]ccc34)Oc3ccc(F)c(c3)-c3nc2nn3C)c1)C(=O)O. The molecule has 2 atom stereocenters. The first-order valence-electron chi connectivity index (χ1n) is 16.0. The third-order valence-electron chi connectivity index (χ3n) is 8.72. The molecule has 3 heterocycles. The molecule has 10 nitrogen and oxygen atoms in total. The Balaban J connectivity index is 1.47. The molecule has 13 heteroatoms. The summed E-state index contributed by atoms with van der Waals surface area (Å²) in [7, 11) is -2.02. The minimum atomic E-state index is -3.66. The van der Waals surface area contributed by atoms with Gasteiger partial charge in [0.05, 0.1) is 42.1 Å². The van der Waals surface area contributed by atoms with E-state index in [1.807, 2.05) is 24.3 Å². The van der Waals surface area contributed by atoms with E-state index in [2.05, 4.69) is 10.1 Å². The average molecular weight is 693 g/mol. The molecule has 49 heavy (non-hydrogen) atoms. The van der Waals surface area contributed by atoms with Crippen molar-refractivity contribution in [2.45, 2.75) is 39.5 Å². The van der Waals surface area contributed by atoms with Crippen molar-refractivity contribution in [2.75, 3.05) is 24.7 Å². The van der Waals surface area contributed by atoms with Crippen LogP contribution in [0.15, 0.2) is 60.8 Å². The minimum absolute atomic E-state index is 0.0136. The van der Waals surface area contributed by atoms with Gasteiger partial charge in [-0.15, -0.1) is 0 Å². The number of aromatic amines is 1. The van der Waals surface area contributed by atoms with E-state index in [0.717, 1.165) is 11.1 Å². The zero-order valence-electron chi connectivity index (χ0n) is 27.7. The molecular weight excluding hydrogens is 654 g/mol. The molecule has 0 amide bonds. The van der Waals surface area contributed by atoms with Crippen molar-refractivity contribution in [1.29, 1.82) is 0 Å². The maximum absolute atomic E-state index is 15.6. The number of rotatable bonds is 4. The Hall–Kier alpha value is -4.62. The predicted molar refractivity (Wildman–Crippen MR) is 180 cm³/mol. The molecule has 4 bridgehead atoms. The van der Waals surface area contributed by atoms with Crippen LogP contribution in [0.5, 0.6) is 11.5 Å². The number of nitrogens with zero attached hydrogens (tertiary/aromatic N) is 3. The van der Waals surface area contributed by atoms with Gasteiger partial charge in [0.2, 0.25) is 0 Å². The van der Waals surface area contributed by atoms with Crippen molar-refractivity contribution >= 4 is 26.7 Å². The van der Waals surface area contributed by atoms with Gasteiger partial charge in [-0.1, -0.05) is 45.0 Å². The number of carboxylic acids is 1. The molecule has 0 radical (unpaired) electrons. The fourth-order valence-corrected chi connectivity index (χ4v) is 8.28. The van der Waals surface area contributed by atoms with Crippen molar-refractivity contribution in [3.8, 4) is 22.9 Å². The Morgan fingerprint density at radius 1 is 1.14 bits per heavy atom. The van der Waals surface area contributed by atoms with Crippen molar-refractivity contribution in [3.05, 3.63) is 94.9 Å². The van der Waals surface area contributed by atoms with Crippen LogP contribution in [0.1, 0.15) is 49.2 Å². The summed E-state index contributed by atoms with van der Waals surface area (Å²) >= 11 is 0. The van der Waals surface area contributed by atoms with E-state index >= 15 is 8.78 Å². The van der Waals surface area contributed by atoms with Gasteiger partial charge in [-0.05, 0) is 48.2 Å². The number of H-pyrrole nitrogens is 1. The number of carbonyl (C=O) groups is 1. The molecule has 1 aliphatic heterocycles. The molecule has 0 saturated carbocycles. The number of aromatic nitrogens is 4. The Labute approximate surface area is 283 Å². The molecule has 0 spiro atoms. The summed E-state index contributed by atoms with van der Waals surface area (Å²) in [5.41, 5.74) is 1.71. The molecule has 2 aromatic heterocycles. The molecular formula is C36H38F2N4O6S. The summed E-state index contributed by atoms with van der Waals surface area (Å²) in [6, 6.07) is 14.4. The maximum Gasteiger partial charge on any atom is 0.306 e. The summed E-state index contributed by atoms with van der Waals surface area (Å²) in [6.45, 7) is 5.41. The first kappa shape index (κ1) is 34.3. The highest BCUT2D eigenvalue weighted by Gasteiger charge is 2.30. The van der Waals surface area contributed by atoms with Crippen LogP contribution in [0.4, 0.5) is 8.78 Å². The molecule has 3 aromatic carbocycles. The van der Waals surface area contributed by atoms with Gasteiger partial charge in [-0.2, -0.15) is 5.10 Å². The first-order chi connectivity index (χ1) is 23.2. The molecule has 0 fully saturated rings. The van der Waals surface area contributed by atoms with Crippen molar-refractivity contribution in [1.82, 2.24) is 19.7 Å². The highest BCUT2D eigenvalue weighted by atomic mass is 32.2. The summed E-state index contributed by atoms with van der Waals surface area (Å²) in [5.74, 6) is -3.29. The van der Waals surface area contributed by atoms with Crippen LogP contribution >= 0.6 is 0 Å². The molecule has 2 N–H and O–H groups in total. The summed E-state index contributed by atoms with van der Waals surface area (Å²) in [5, 5.41) is 14.7. The Kier molecular flexibility index (Phi) is 9.34. The number of sulfone groups is 1. The largest absolute Gasteiger partial charge is 0.481 e. The Morgan fingerprint density at radius 3 is 2.71 bits per heavy atom. The second-order valence-corrected chi connectivity index (χ2v) is 15.7. The standard InChI is InChI=1S/C36H38F2N4O6S/c1-21(35(43)44)14-22-6-5-7-23(15-22)28-18-47-19-36(2,3)20-49(45,46)13-11-26-25-10-12-39-31(25)17-30(38)32(26)48-24-8-9-29(37)27(16-24)34-40-33(28)41-42(34)4/h5-10,12,15-17,21,28,39H,11,13-14,18-20H2,1-4H3,(H,43,44). The van der Waals surface area contributed by atoms with Crippen LogP contribution in [-0.2, 0) is 39.3 Å². The molecule has 5 aromatic rings. The average Bonchev–Trinajstić information content (AvgIpc) is 3.65. The van der Waals surface area contributed by atoms with Gasteiger partial charge in [0, 0.05) is 41.2 Å². The molecule has 0 saturated heterocycles. The van der Waals surface area contributed by atoms with E-state index < -0.39 is 44.7 Å². The van der Waals surface area contributed by atoms with Crippen LogP contribution in [0.3, 0.4) is 0 Å². The molecule has 2 unspecified atom stereocenters. The predicted octanol–water partition coefficient (Wildman–Crippen LogP) is 6.44. The smallest absolute Gasteiger partial charge is 0.306 e. The highest BCUT2D eigenvalue weighted by molar-refractivity contribution is 7.91. The minimum Gasteiger partial charge on any atom is -0.481 e. The third-order valence-corrected chi connectivity index (χ3v) is 10.8. The summed E-state index contributed by atoms with van der Waals surface area (Å²) in [4.78, 5) is 19.3. The Bertz CT molecular complexity index is 2140. The number of fused-ring (bicyclic) bond motifs is 8. The van der Waals surface area contributed by atoms with Gasteiger partial charge >= 0.3 is 5.97 Å². The van der Waals surface area contributed by atoms with E-state index in [0.29, 0.717) is 28.7 Å². The first-order valence-corrected chi connectivity index (χ1v) is 17.8. The Morgan fingerprint density at radius 2 is 1.94 bits per heavy atom. The lowest BCUT2D eigenvalue weighted by molar-refractivity contribution is -0.141. The lowest BCUT2D eigenvalue weighted by Gasteiger charge is -2.26. The van der Waals surface area contributed by atoms with E-state index in [-0.39, 0.29) is 54.0 Å². The van der Waals surface area contributed by atoms with E-state index in [9.17, 15) is 18.3 Å². The van der Waals surface area contributed by atoms with Gasteiger partial charge in [-0.25, -0.2) is 26.9 Å². The number of aryl methyl sites for hydroxylation is 2. The van der Waals surface area contributed by atoms with Gasteiger partial charge in [-0.3, -0.25) is 4.79 Å². The number of hydrogen-bond acceptors (Lipinski definition) is 7. The van der Waals surface area contributed by atoms with Crippen LogP contribution in [-0.4, -0.2) is 64.0 Å². The number of aliphatic carboxylic acids is 1. The molecule has 6 rings (SSSR count). The lowest BCUT2D eigenvalue weighted by atomic mass is 9.93. The number of hydrogen-bond donors (Lipinski definition) is 2. The van der Waals surface area contributed by atoms with E-state index in [1.165, 1.54) is 28.9 Å². The molecule has 258 valence electrons. The lowest BCUT2D eigenvalue weighted by Crippen LogP contribution is -2.31. The van der Waals surface area contributed by atoms with Crippen LogP contribution < -0.4 is 4.74 Å². The number of nitrogens with one attached hydrogen (secondary N) is 1. The zero-order chi connectivity index (χ0) is 35.1. The van der Waals surface area contributed by atoms with Gasteiger partial charge in [0.1, 0.15) is 11.6 Å². The van der Waals surface area contributed by atoms with Crippen molar-refractivity contribution in [3.63, 3.8) is 0 Å². The fraction of sp³-hybridized carbons (Fsp3) is 0.361. The molecule has 1 aliphatic rings. The zero-order valence-corrected chi connectivity index (χ0v) is 28.5. The summed E-state index contributed by atoms with van der Waals surface area (Å²) < 4.78 is 71.8. The quantitative estimate of drug-likeness (QED) is 0.220. The highest BCUT2D eigenvalue weighted by Crippen LogP contribution is 2.37. The summed E-state index contributed by atoms with van der Waals surface area (Å²) in [6.07, 6.45) is 1.94. The van der Waals surface area contributed by atoms with Gasteiger partial charge < -0.3 is 19.6 Å². The number of halogens is 2. The van der Waals surface area contributed by atoms with Gasteiger partial charge in [0.25, 0.3) is 0 Å². The second-order valence-electron chi connectivity index (χ2n) is 13.5. The van der Waals surface area contributed by atoms with E-state index in [4.69, 9.17) is 14.5 Å². The second kappa shape index (κ2) is 13.4. The van der Waals surface area contributed by atoms with Crippen LogP contribution in [0, 0.1) is 23.0 Å². The fourth-order valence-electron chi connectivity index (χ4n) is 6.34. The monoisotopic (exact) mass is 692 g/mol. The van der Waals surface area contributed by atoms with Crippen LogP contribution in [0.25, 0.3) is 22.3 Å². The molecule has 0 aliphatic carbocycles. The third kappa shape index (κ3) is 7.52. The number of benzene rings is 3. The van der Waals surface area contributed by atoms with E-state index in [1.54, 1.807) is 40.1 Å². The topological polar surface area (TPSA) is 136 Å². The number of carboxylic acid groups (broad SMARTS) is 1. The van der Waals surface area contributed by atoms with Crippen LogP contribution in [0.2, 0.25) is 0 Å². The van der Waals surface area contributed by atoms with Crippen molar-refractivity contribution < 1.29 is 36.6 Å².